The molecule has 0 radical (unpaired) electrons. The molecular formula is C74H86F24N12O10P4. The predicted molar refractivity (Wildman–Crippen MR) is 413 cm³/mol. The summed E-state index contributed by atoms with van der Waals surface area (Å²) in [7, 11) is -42.6. The van der Waals surface area contributed by atoms with Gasteiger partial charge in [-0.1, -0.05) is 41.5 Å². The molecule has 124 heavy (non-hydrogen) atoms. The SMILES string of the molecule is CC#N.CC#N.CC#N.CC#N.CC#N.F[P-](F)(F)(F)(F)F.F[P-](F)(F)(F)(F)F.F[P-](F)(F)(F)(F)F.F[P-](F)(F)(F)(F)F.[N-]=[N+]=Nc1cc2ccc1C[n+]1ccc(cc1)-c1cc[n+](cc1)Cc1ccc(cc1)C[n+]1ccc(cc1)-c1cc[n+](cc1)C2.c1cc2ccc1OCCOCCOCCOCCOc1ccc(cc1)OCCOCCOCCOCCO2. The summed E-state index contributed by atoms with van der Waals surface area (Å²) in [5.74, 6) is 3.05. The number of hydrogen-bond acceptors (Lipinski definition) is 16. The zero-order chi connectivity index (χ0) is 94.5. The summed E-state index contributed by atoms with van der Waals surface area (Å²) < 4.78 is 301. The maximum absolute atomic E-state index is 10.7. The van der Waals surface area contributed by atoms with Gasteiger partial charge in [0.05, 0.1) is 110 Å². The third-order valence-electron chi connectivity index (χ3n) is 13.1. The van der Waals surface area contributed by atoms with Crippen molar-refractivity contribution in [3.8, 4) is 75.6 Å². The van der Waals surface area contributed by atoms with Crippen LogP contribution in [0.5, 0.6) is 23.0 Å². The van der Waals surface area contributed by atoms with Gasteiger partial charge in [-0.2, -0.15) is 26.3 Å². The first-order chi connectivity index (χ1) is 56.9. The Morgan fingerprint density at radius 2 is 0.444 bits per heavy atom. The van der Waals surface area contributed by atoms with E-state index in [4.69, 9.17) is 73.7 Å². The van der Waals surface area contributed by atoms with Crippen molar-refractivity contribution in [2.24, 2.45) is 5.11 Å². The Morgan fingerprint density at radius 1 is 0.274 bits per heavy atom. The molecule has 0 unspecified atom stereocenters. The van der Waals surface area contributed by atoms with E-state index >= 15 is 0 Å². The molecule has 0 atom stereocenters. The Balaban J connectivity index is 0.00000167. The monoisotopic (exact) mass is 1880 g/mol. The molecule has 0 fully saturated rings. The van der Waals surface area contributed by atoms with Gasteiger partial charge in [0.1, 0.15) is 49.4 Å². The smallest absolute Gasteiger partial charge is 0.174 e. The first-order valence-corrected chi connectivity index (χ1v) is 43.3. The van der Waals surface area contributed by atoms with Crippen molar-refractivity contribution in [1.29, 1.82) is 26.3 Å². The van der Waals surface area contributed by atoms with Crippen LogP contribution in [0, 0.1) is 56.7 Å². The van der Waals surface area contributed by atoms with Crippen molar-refractivity contribution >= 4 is 36.9 Å². The minimum Gasteiger partial charge on any atom is -0.491 e. The minimum atomic E-state index is -10.7. The van der Waals surface area contributed by atoms with Gasteiger partial charge < -0.3 is 47.4 Å². The van der Waals surface area contributed by atoms with Crippen molar-refractivity contribution in [2.45, 2.75) is 60.8 Å². The van der Waals surface area contributed by atoms with Crippen LogP contribution in [0.2, 0.25) is 0 Å². The standard InChI is InChI=1S/C36H31N7.C28H40O10.5C2H3N.4F6P/c37-39-38-36-23-30-5-6-35(36)27-43-21-13-34(14-22-43)32-9-17-41(18-10-32)25-29-3-1-28(2-4-29)24-40-15-7-31(8-16-40)33-11-19-42(26-30)20-12-33;1-2-26-4-3-25(1)35-21-17-31-13-9-29-11-15-33-19-23-37-27-5-7-28(8-6-27)38-24-20-34-16-12-30-10-14-32-18-22-36-26;5*1-2-3;4*1-7(2,3,4,5)6/h1-23H,24-27H2;1-8H,9-24H2;5*1H3;;;;/q+4;;;;;;;4*-1. The topological polar surface area (TPSA) is 276 Å². The number of aromatic nitrogens is 4. The number of hydrogen-bond donors (Lipinski definition) is 0. The zero-order valence-corrected chi connectivity index (χ0v) is 69.9. The number of halogens is 24. The quantitative estimate of drug-likeness (QED) is 0.0369. The summed E-state index contributed by atoms with van der Waals surface area (Å²) >= 11 is 0. The van der Waals surface area contributed by atoms with Gasteiger partial charge in [-0.15, -0.1) is 0 Å². The molecule has 4 aromatic heterocycles. The fraction of sp³-hybridized carbons (Fsp3) is 0.338. The fourth-order valence-electron chi connectivity index (χ4n) is 8.80. The largest absolute Gasteiger partial charge is 0.491 e. The van der Waals surface area contributed by atoms with E-state index in [0.29, 0.717) is 124 Å². The Hall–Kier alpha value is -10.8. The number of benzene rings is 4. The van der Waals surface area contributed by atoms with Crippen molar-refractivity contribution < 1.29 is 166 Å². The summed E-state index contributed by atoms with van der Waals surface area (Å²) in [5, 5.41) is 40.6. The molecule has 20 aliphatic rings. The predicted octanol–water partition coefficient (Wildman–Crippen LogP) is 24.8. The van der Waals surface area contributed by atoms with E-state index in [9.17, 15) is 106 Å². The second kappa shape index (κ2) is 49.1. The van der Waals surface area contributed by atoms with Crippen LogP contribution in [0.15, 0.2) is 194 Å². The van der Waals surface area contributed by atoms with Crippen LogP contribution in [0.25, 0.3) is 32.7 Å². The Kier molecular flexibility index (Phi) is 44.8. The molecule has 0 saturated heterocycles. The average molecular weight is 1880 g/mol. The summed E-state index contributed by atoms with van der Waals surface area (Å²) in [6, 6.07) is 55.9. The zero-order valence-electron chi connectivity index (χ0n) is 66.3. The third kappa shape index (κ3) is 78.5. The van der Waals surface area contributed by atoms with Crippen molar-refractivity contribution in [3.63, 3.8) is 0 Å². The Bertz CT molecular complexity index is 4370. The van der Waals surface area contributed by atoms with Crippen LogP contribution in [0.1, 0.15) is 56.9 Å². The molecule has 0 aliphatic carbocycles. The van der Waals surface area contributed by atoms with Crippen LogP contribution in [-0.2, 0) is 54.6 Å². The summed E-state index contributed by atoms with van der Waals surface area (Å²) in [4.78, 5) is 3.10. The van der Waals surface area contributed by atoms with Crippen LogP contribution < -0.4 is 37.2 Å². The number of nitriles is 5. The molecular weight excluding hydrogens is 1800 g/mol. The molecule has 0 spiro atoms. The van der Waals surface area contributed by atoms with Gasteiger partial charge in [0.15, 0.2) is 75.8 Å². The molecule has 8 aromatic rings. The molecule has 4 aromatic carbocycles. The Labute approximate surface area is 696 Å². The normalized spacial score (nSPS) is 15.7. The minimum absolute atomic E-state index is 0.459. The van der Waals surface area contributed by atoms with E-state index in [1.54, 1.807) is 30.3 Å². The number of rotatable bonds is 1. The van der Waals surface area contributed by atoms with Gasteiger partial charge in [0.2, 0.25) is 0 Å². The van der Waals surface area contributed by atoms with Crippen LogP contribution in [0.4, 0.5) is 106 Å². The Morgan fingerprint density at radius 3 is 0.637 bits per heavy atom. The molecule has 0 saturated carbocycles. The van der Waals surface area contributed by atoms with Crippen LogP contribution in [-0.4, -0.2) is 106 Å². The van der Waals surface area contributed by atoms with Gasteiger partial charge in [-0.3, -0.25) is 0 Å². The molecule has 24 heterocycles. The molecule has 16 bridgehead atoms. The van der Waals surface area contributed by atoms with E-state index in [-0.39, 0.29) is 0 Å². The number of azide groups is 1. The number of pyridine rings is 4. The van der Waals surface area contributed by atoms with E-state index < -0.39 is 31.2 Å². The molecule has 20 aliphatic heterocycles. The van der Waals surface area contributed by atoms with Crippen LogP contribution in [0.3, 0.4) is 0 Å². The van der Waals surface area contributed by atoms with Crippen molar-refractivity contribution in [3.05, 3.63) is 222 Å². The second-order valence-corrected chi connectivity index (χ2v) is 31.6. The van der Waals surface area contributed by atoms with Crippen LogP contribution >= 0.6 is 31.2 Å². The van der Waals surface area contributed by atoms with Gasteiger partial charge in [-0.25, -0.2) is 18.3 Å². The number of ether oxygens (including phenoxy) is 10. The average Bonchev–Trinajstić information content (AvgIpc) is 0.799. The van der Waals surface area contributed by atoms with E-state index in [1.807, 2.05) is 54.6 Å². The second-order valence-electron chi connectivity index (χ2n) is 24.0. The maximum Gasteiger partial charge on any atom is 0.174 e. The summed E-state index contributed by atoms with van der Waals surface area (Å²) in [6.45, 7) is 17.9. The molecule has 0 amide bonds. The van der Waals surface area contributed by atoms with Gasteiger partial charge in [0, 0.05) is 116 Å². The van der Waals surface area contributed by atoms with E-state index in [1.165, 1.54) is 62.4 Å². The third-order valence-corrected chi connectivity index (χ3v) is 13.1. The van der Waals surface area contributed by atoms with Crippen molar-refractivity contribution in [2.75, 3.05) is 106 Å². The molecule has 50 heteroatoms. The first kappa shape index (κ1) is 113. The molecule has 28 rings (SSSR count). The molecule has 0 N–H and O–H groups in total. The molecule has 22 nitrogen and oxygen atoms in total. The number of nitrogens with zero attached hydrogens (tertiary/aromatic N) is 12. The summed E-state index contributed by atoms with van der Waals surface area (Å²) in [5.41, 5.74) is 19.2. The van der Waals surface area contributed by atoms with Gasteiger partial charge >= 0.3 is 132 Å². The van der Waals surface area contributed by atoms with E-state index in [0.717, 1.165) is 52.8 Å². The first-order valence-electron chi connectivity index (χ1n) is 35.2. The fourth-order valence-corrected chi connectivity index (χ4v) is 8.80. The van der Waals surface area contributed by atoms with Crippen molar-refractivity contribution in [1.82, 2.24) is 0 Å². The van der Waals surface area contributed by atoms with Gasteiger partial charge in [0.25, 0.3) is 0 Å². The molecule has 690 valence electrons. The van der Waals surface area contributed by atoms with E-state index in [2.05, 4.69) is 163 Å². The van der Waals surface area contributed by atoms with Gasteiger partial charge in [-0.05, 0) is 82.4 Å². The summed E-state index contributed by atoms with van der Waals surface area (Å²) in [6.07, 6.45) is 16.9. The maximum atomic E-state index is 9.87.